The number of alkyl halides is 3. The highest BCUT2D eigenvalue weighted by Gasteiger charge is 2.55. The summed E-state index contributed by atoms with van der Waals surface area (Å²) < 4.78 is 89.6. The number of β-amino-alcohol motifs (C(OH)–C–C–N with tert-alkyl or cyclic N) is 1. The van der Waals surface area contributed by atoms with E-state index in [0.717, 1.165) is 34.0 Å². The van der Waals surface area contributed by atoms with E-state index in [1.165, 1.54) is 6.07 Å². The van der Waals surface area contributed by atoms with Gasteiger partial charge in [0.05, 0.1) is 36.7 Å². The van der Waals surface area contributed by atoms with Gasteiger partial charge in [0.15, 0.2) is 17.5 Å². The van der Waals surface area contributed by atoms with Gasteiger partial charge in [-0.15, -0.1) is 16.9 Å². The number of aliphatic hydroxyl groups is 4. The van der Waals surface area contributed by atoms with Gasteiger partial charge in [0.2, 0.25) is 0 Å². The Labute approximate surface area is 248 Å². The molecule has 2 fully saturated rings. The number of ether oxygens (including phenoxy) is 1. The summed E-state index contributed by atoms with van der Waals surface area (Å²) in [5, 5.41) is 58.8. The van der Waals surface area contributed by atoms with Gasteiger partial charge < -0.3 is 35.2 Å². The van der Waals surface area contributed by atoms with Crippen molar-refractivity contribution >= 4 is 17.9 Å². The van der Waals surface area contributed by atoms with Gasteiger partial charge in [0, 0.05) is 5.56 Å². The third-order valence-corrected chi connectivity index (χ3v) is 9.07. The standard InChI is InChI=1S/C26H24F6N4O7S/c27-14-5-11(6-15(28)18(14)29)16-7-36(34-33-16)19-20(38)17(8-37)43-23(21(19)39)44-22(25(42)9-35(10-25)24(40)41)12-3-1-2-4-13(12)26(30,31)32/h1-7,17,19-23,37-39,42H,8-10H2,(H,40,41)/t17-,19+,20+,21-,22-,23+/m1/s1. The lowest BCUT2D eigenvalue weighted by molar-refractivity contribution is -0.179. The lowest BCUT2D eigenvalue weighted by Gasteiger charge is -2.51. The molecule has 1 amide bonds. The van der Waals surface area contributed by atoms with Crippen LogP contribution in [-0.2, 0) is 10.9 Å². The molecule has 0 saturated carbocycles. The van der Waals surface area contributed by atoms with E-state index in [0.29, 0.717) is 23.9 Å². The van der Waals surface area contributed by atoms with E-state index in [-0.39, 0.29) is 11.3 Å². The van der Waals surface area contributed by atoms with Crippen molar-refractivity contribution in [2.24, 2.45) is 0 Å². The van der Waals surface area contributed by atoms with Gasteiger partial charge in [-0.25, -0.2) is 22.6 Å². The summed E-state index contributed by atoms with van der Waals surface area (Å²) in [4.78, 5) is 12.2. The summed E-state index contributed by atoms with van der Waals surface area (Å²) in [7, 11) is 0. The second kappa shape index (κ2) is 11.8. The van der Waals surface area contributed by atoms with Gasteiger partial charge in [-0.1, -0.05) is 23.4 Å². The Morgan fingerprint density at radius 2 is 1.75 bits per heavy atom. The van der Waals surface area contributed by atoms with Crippen LogP contribution in [-0.4, -0.2) is 101 Å². The van der Waals surface area contributed by atoms with Crippen LogP contribution in [0.2, 0.25) is 0 Å². The molecule has 0 radical (unpaired) electrons. The molecule has 3 aromatic rings. The molecular weight excluding hydrogens is 626 g/mol. The highest BCUT2D eigenvalue weighted by Crippen LogP contribution is 2.51. The van der Waals surface area contributed by atoms with E-state index in [1.807, 2.05) is 0 Å². The minimum absolute atomic E-state index is 0.201. The number of thioether (sulfide) groups is 1. The van der Waals surface area contributed by atoms with Gasteiger partial charge in [-0.2, -0.15) is 13.2 Å². The summed E-state index contributed by atoms with van der Waals surface area (Å²) in [6.45, 7) is -1.97. The Morgan fingerprint density at radius 3 is 2.34 bits per heavy atom. The molecule has 1 aromatic heterocycles. The number of carbonyl (C=O) groups is 1. The number of aliphatic hydroxyl groups excluding tert-OH is 3. The van der Waals surface area contributed by atoms with E-state index in [2.05, 4.69) is 10.3 Å². The number of hydrogen-bond donors (Lipinski definition) is 5. The van der Waals surface area contributed by atoms with Crippen LogP contribution in [0.1, 0.15) is 22.4 Å². The lowest BCUT2D eigenvalue weighted by Crippen LogP contribution is -2.66. The largest absolute Gasteiger partial charge is 0.465 e. The van der Waals surface area contributed by atoms with Crippen LogP contribution in [0.15, 0.2) is 42.6 Å². The number of carboxylic acid groups (broad SMARTS) is 1. The fourth-order valence-corrected chi connectivity index (χ4v) is 6.83. The third kappa shape index (κ3) is 5.84. The van der Waals surface area contributed by atoms with Crippen LogP contribution < -0.4 is 0 Å². The van der Waals surface area contributed by atoms with Crippen LogP contribution in [0.3, 0.4) is 0 Å². The zero-order valence-electron chi connectivity index (χ0n) is 22.1. The first-order valence-electron chi connectivity index (χ1n) is 12.9. The number of hydrogen-bond acceptors (Lipinski definition) is 9. The van der Waals surface area contributed by atoms with Crippen molar-refractivity contribution in [1.82, 2.24) is 19.9 Å². The van der Waals surface area contributed by atoms with Crippen molar-refractivity contribution in [2.45, 2.75) is 46.8 Å². The predicted octanol–water partition coefficient (Wildman–Crippen LogP) is 2.56. The first-order valence-corrected chi connectivity index (χ1v) is 13.8. The molecule has 44 heavy (non-hydrogen) atoms. The quantitative estimate of drug-likeness (QED) is 0.190. The normalized spacial score (nSPS) is 25.9. The monoisotopic (exact) mass is 650 g/mol. The maximum absolute atomic E-state index is 14.0. The van der Waals surface area contributed by atoms with E-state index in [4.69, 9.17) is 4.74 Å². The second-order valence-corrected chi connectivity index (χ2v) is 11.6. The number of nitrogens with zero attached hydrogens (tertiary/aromatic N) is 4. The summed E-state index contributed by atoms with van der Waals surface area (Å²) >= 11 is 0.516. The van der Waals surface area contributed by atoms with Crippen molar-refractivity contribution in [3.63, 3.8) is 0 Å². The molecule has 238 valence electrons. The van der Waals surface area contributed by atoms with Crippen molar-refractivity contribution < 1.29 is 61.4 Å². The number of amides is 1. The lowest BCUT2D eigenvalue weighted by atomic mass is 9.85. The fraction of sp³-hybridized carbons (Fsp3) is 0.423. The molecule has 6 atom stereocenters. The van der Waals surface area contributed by atoms with E-state index in [1.54, 1.807) is 0 Å². The molecule has 18 heteroatoms. The topological polar surface area (TPSA) is 161 Å². The maximum Gasteiger partial charge on any atom is 0.416 e. The molecule has 2 aromatic carbocycles. The smallest absolute Gasteiger partial charge is 0.416 e. The van der Waals surface area contributed by atoms with E-state index in [9.17, 15) is 56.7 Å². The molecular formula is C26H24F6N4O7S. The molecule has 3 heterocycles. The Balaban J connectivity index is 1.50. The molecule has 5 rings (SSSR count). The molecule has 2 aliphatic heterocycles. The molecule has 0 unspecified atom stereocenters. The number of aromatic nitrogens is 3. The summed E-state index contributed by atoms with van der Waals surface area (Å²) in [6.07, 6.45) is -10.2. The van der Waals surface area contributed by atoms with E-state index < -0.39 is 101 Å². The average Bonchev–Trinajstić information content (AvgIpc) is 3.43. The minimum Gasteiger partial charge on any atom is -0.465 e. The summed E-state index contributed by atoms with van der Waals surface area (Å²) in [6, 6.07) is 4.07. The van der Waals surface area contributed by atoms with Gasteiger partial charge >= 0.3 is 12.3 Å². The van der Waals surface area contributed by atoms with Crippen LogP contribution >= 0.6 is 11.8 Å². The maximum atomic E-state index is 14.0. The summed E-state index contributed by atoms with van der Waals surface area (Å²) in [5.41, 5.74) is -5.60. The van der Waals surface area contributed by atoms with Gasteiger partial charge in [0.25, 0.3) is 0 Å². The fourth-order valence-electron chi connectivity index (χ4n) is 5.27. The number of benzene rings is 2. The zero-order chi connectivity index (χ0) is 32.1. The van der Waals surface area contributed by atoms with Crippen LogP contribution in [0, 0.1) is 17.5 Å². The summed E-state index contributed by atoms with van der Waals surface area (Å²) in [5.74, 6) is -4.75. The first-order chi connectivity index (χ1) is 20.6. The molecule has 2 aliphatic rings. The minimum atomic E-state index is -4.88. The molecule has 0 aliphatic carbocycles. The second-order valence-electron chi connectivity index (χ2n) is 10.4. The van der Waals surface area contributed by atoms with Crippen molar-refractivity contribution in [1.29, 1.82) is 0 Å². The number of halogens is 6. The molecule has 0 spiro atoms. The van der Waals surface area contributed by atoms with Gasteiger partial charge in [-0.05, 0) is 23.8 Å². The van der Waals surface area contributed by atoms with E-state index >= 15 is 0 Å². The van der Waals surface area contributed by atoms with Gasteiger partial charge in [0.1, 0.15) is 41.1 Å². The Hall–Kier alpha value is -3.42. The van der Waals surface area contributed by atoms with Crippen LogP contribution in [0.5, 0.6) is 0 Å². The van der Waals surface area contributed by atoms with Crippen LogP contribution in [0.4, 0.5) is 31.1 Å². The van der Waals surface area contributed by atoms with Crippen molar-refractivity contribution in [3.05, 3.63) is 71.2 Å². The highest BCUT2D eigenvalue weighted by molar-refractivity contribution is 8.00. The Morgan fingerprint density at radius 1 is 1.11 bits per heavy atom. The number of likely N-dealkylation sites (tertiary alicyclic amines) is 1. The average molecular weight is 651 g/mol. The van der Waals surface area contributed by atoms with Gasteiger partial charge in [-0.3, -0.25) is 0 Å². The van der Waals surface area contributed by atoms with Crippen LogP contribution in [0.25, 0.3) is 11.3 Å². The zero-order valence-corrected chi connectivity index (χ0v) is 23.0. The molecule has 0 bridgehead atoms. The molecule has 2 saturated heterocycles. The SMILES string of the molecule is O=C(O)N1CC(O)([C@H](S[C@@H]2O[C@H](CO)[C@H](O)[C@H](n3cc(-c4cc(F)c(F)c(F)c4)nn3)[C@H]2O)c2ccccc2C(F)(F)F)C1. The third-order valence-electron chi connectivity index (χ3n) is 7.45. The molecule has 11 nitrogen and oxygen atoms in total. The molecule has 5 N–H and O–H groups in total. The highest BCUT2D eigenvalue weighted by atomic mass is 32.2. The number of rotatable bonds is 7. The Bertz CT molecular complexity index is 1520. The van der Waals surface area contributed by atoms with Crippen molar-refractivity contribution in [2.75, 3.05) is 19.7 Å². The Kier molecular flexibility index (Phi) is 8.60. The first kappa shape index (κ1) is 32.0. The van der Waals surface area contributed by atoms with Crippen molar-refractivity contribution in [3.8, 4) is 11.3 Å². The predicted molar refractivity (Wildman–Crippen MR) is 138 cm³/mol.